The molecule has 53 heavy (non-hydrogen) atoms. The maximum Gasteiger partial charge on any atom is 0.224 e. The number of allylic oxidation sites excluding steroid dienone is 10. The summed E-state index contributed by atoms with van der Waals surface area (Å²) in [6, 6.07) is -0.966. The van der Waals surface area contributed by atoms with E-state index in [9.17, 15) is 45.6 Å². The molecule has 2 heterocycles. The molecule has 2 saturated heterocycles. The highest BCUT2D eigenvalue weighted by molar-refractivity contribution is 5.77. The van der Waals surface area contributed by atoms with Crippen LogP contribution in [0.1, 0.15) is 71.6 Å². The van der Waals surface area contributed by atoms with Gasteiger partial charge in [0.2, 0.25) is 5.91 Å². The molecular formula is C39H63NO13. The van der Waals surface area contributed by atoms with Crippen LogP contribution >= 0.6 is 0 Å². The van der Waals surface area contributed by atoms with Crippen LogP contribution in [0, 0.1) is 0 Å². The van der Waals surface area contributed by atoms with Crippen LogP contribution in [0.4, 0.5) is 0 Å². The van der Waals surface area contributed by atoms with E-state index in [1.807, 2.05) is 25.2 Å². The Morgan fingerprint density at radius 1 is 0.698 bits per heavy atom. The Bertz CT molecular complexity index is 1170. The molecule has 2 aliphatic heterocycles. The van der Waals surface area contributed by atoms with Crippen molar-refractivity contribution in [1.82, 2.24) is 5.32 Å². The Labute approximate surface area is 313 Å². The van der Waals surface area contributed by atoms with E-state index in [2.05, 4.69) is 48.7 Å². The number of ether oxygens (including phenoxy) is 4. The van der Waals surface area contributed by atoms with Gasteiger partial charge in [0.1, 0.15) is 48.8 Å². The summed E-state index contributed by atoms with van der Waals surface area (Å²) in [4.78, 5) is 12.8. The lowest BCUT2D eigenvalue weighted by molar-refractivity contribution is -0.359. The number of nitrogens with one attached hydrogen (secondary N) is 1. The Hall–Kier alpha value is -2.57. The van der Waals surface area contributed by atoms with Gasteiger partial charge >= 0.3 is 0 Å². The molecule has 9 N–H and O–H groups in total. The van der Waals surface area contributed by atoms with E-state index in [1.165, 1.54) is 0 Å². The zero-order chi connectivity index (χ0) is 39.0. The van der Waals surface area contributed by atoms with Crippen molar-refractivity contribution in [2.45, 2.75) is 145 Å². The highest BCUT2D eigenvalue weighted by atomic mass is 16.7. The van der Waals surface area contributed by atoms with E-state index < -0.39 is 86.8 Å². The number of unbranched alkanes of at least 4 members (excludes halogenated alkanes) is 2. The minimum absolute atomic E-state index is 0.0428. The first-order chi connectivity index (χ1) is 25.6. The molecule has 0 bridgehead atoms. The zero-order valence-electron chi connectivity index (χ0n) is 31.0. The van der Waals surface area contributed by atoms with Crippen LogP contribution in [0.2, 0.25) is 0 Å². The molecule has 12 atom stereocenters. The van der Waals surface area contributed by atoms with Gasteiger partial charge in [0.15, 0.2) is 12.6 Å². The van der Waals surface area contributed by atoms with Crippen LogP contribution in [0.3, 0.4) is 0 Å². The number of carbonyl (C=O) groups excluding carboxylic acids is 1. The van der Waals surface area contributed by atoms with Crippen molar-refractivity contribution >= 4 is 5.91 Å². The van der Waals surface area contributed by atoms with Crippen LogP contribution in [0.15, 0.2) is 72.9 Å². The van der Waals surface area contributed by atoms with Crippen molar-refractivity contribution in [2.75, 3.05) is 19.8 Å². The number of aliphatic hydroxyl groups excluding tert-OH is 8. The van der Waals surface area contributed by atoms with Gasteiger partial charge in [-0.25, -0.2) is 0 Å². The second kappa shape index (κ2) is 27.1. The predicted octanol–water partition coefficient (Wildman–Crippen LogP) is 1.36. The predicted molar refractivity (Wildman–Crippen MR) is 198 cm³/mol. The molecule has 0 aromatic heterocycles. The first-order valence-corrected chi connectivity index (χ1v) is 18.7. The van der Waals surface area contributed by atoms with Crippen molar-refractivity contribution < 1.29 is 64.6 Å². The third kappa shape index (κ3) is 16.8. The van der Waals surface area contributed by atoms with Crippen LogP contribution in [0.5, 0.6) is 0 Å². The monoisotopic (exact) mass is 753 g/mol. The van der Waals surface area contributed by atoms with Crippen molar-refractivity contribution in [3.05, 3.63) is 72.9 Å². The molecule has 302 valence electrons. The quantitative estimate of drug-likeness (QED) is 0.0502. The minimum atomic E-state index is -1.80. The van der Waals surface area contributed by atoms with Crippen molar-refractivity contribution in [1.29, 1.82) is 0 Å². The van der Waals surface area contributed by atoms with Gasteiger partial charge in [-0.1, -0.05) is 99.6 Å². The summed E-state index contributed by atoms with van der Waals surface area (Å²) in [5.41, 5.74) is 0. The Balaban J connectivity index is 1.93. The summed E-state index contributed by atoms with van der Waals surface area (Å²) in [5, 5.41) is 85.4. The third-order valence-electron chi connectivity index (χ3n) is 8.68. The largest absolute Gasteiger partial charge is 0.394 e. The van der Waals surface area contributed by atoms with Gasteiger partial charge in [0, 0.05) is 6.42 Å². The van der Waals surface area contributed by atoms with E-state index in [-0.39, 0.29) is 18.9 Å². The summed E-state index contributed by atoms with van der Waals surface area (Å²) in [6.45, 7) is 2.36. The van der Waals surface area contributed by atoms with Crippen molar-refractivity contribution in [3.63, 3.8) is 0 Å². The first kappa shape index (κ1) is 46.6. The minimum Gasteiger partial charge on any atom is -0.394 e. The number of aliphatic hydroxyl groups is 8. The fraction of sp³-hybridized carbons (Fsp3) is 0.667. The number of amides is 1. The second-order valence-electron chi connectivity index (χ2n) is 13.0. The Morgan fingerprint density at radius 3 is 1.81 bits per heavy atom. The van der Waals surface area contributed by atoms with Crippen molar-refractivity contribution in [3.8, 4) is 0 Å². The molecule has 1 amide bonds. The molecule has 0 radical (unpaired) electrons. The van der Waals surface area contributed by atoms with Gasteiger partial charge in [0.05, 0.1) is 32.0 Å². The van der Waals surface area contributed by atoms with E-state index in [0.29, 0.717) is 6.42 Å². The third-order valence-corrected chi connectivity index (χ3v) is 8.68. The SMILES string of the molecule is CC/C=C\C/C=C\C/C=C\C/C=C\C/C=C\CC(=O)NC(COC1OC(CO)C(OC2OC(CO)C(O)C(O)C2O)C(O)C1O)C(O)/C=C/CCCC. The number of hydrogen-bond acceptors (Lipinski definition) is 13. The fourth-order valence-corrected chi connectivity index (χ4v) is 5.52. The second-order valence-corrected chi connectivity index (χ2v) is 13.0. The van der Waals surface area contributed by atoms with Crippen molar-refractivity contribution in [2.24, 2.45) is 0 Å². The molecule has 2 fully saturated rings. The Kier molecular flexibility index (Phi) is 23.8. The maximum atomic E-state index is 12.8. The van der Waals surface area contributed by atoms with Crippen LogP contribution in [-0.4, -0.2) is 140 Å². The fourth-order valence-electron chi connectivity index (χ4n) is 5.52. The van der Waals surface area contributed by atoms with Gasteiger partial charge < -0.3 is 65.1 Å². The average molecular weight is 754 g/mol. The van der Waals surface area contributed by atoms with E-state index >= 15 is 0 Å². The van der Waals surface area contributed by atoms with Gasteiger partial charge in [-0.05, 0) is 38.5 Å². The molecule has 0 spiro atoms. The summed E-state index contributed by atoms with van der Waals surface area (Å²) in [6.07, 6.45) is 13.6. The summed E-state index contributed by atoms with van der Waals surface area (Å²) < 4.78 is 22.3. The van der Waals surface area contributed by atoms with Gasteiger partial charge in [-0.3, -0.25) is 4.79 Å². The van der Waals surface area contributed by atoms with Crippen LogP contribution in [0.25, 0.3) is 0 Å². The normalized spacial score (nSPS) is 31.2. The highest BCUT2D eigenvalue weighted by Crippen LogP contribution is 2.29. The smallest absolute Gasteiger partial charge is 0.224 e. The molecule has 14 nitrogen and oxygen atoms in total. The molecule has 0 saturated carbocycles. The van der Waals surface area contributed by atoms with Gasteiger partial charge in [-0.15, -0.1) is 0 Å². The highest BCUT2D eigenvalue weighted by Gasteiger charge is 2.50. The zero-order valence-corrected chi connectivity index (χ0v) is 31.0. The first-order valence-electron chi connectivity index (χ1n) is 18.7. The number of hydrogen-bond donors (Lipinski definition) is 9. The topological polar surface area (TPSA) is 228 Å². The lowest BCUT2D eigenvalue weighted by atomic mass is 9.97. The molecule has 0 aliphatic carbocycles. The summed E-state index contributed by atoms with van der Waals surface area (Å²) in [5.74, 6) is -0.382. The Morgan fingerprint density at radius 2 is 1.25 bits per heavy atom. The molecule has 2 rings (SSSR count). The lowest BCUT2D eigenvalue weighted by Crippen LogP contribution is -2.65. The standard InChI is InChI=1S/C39H63NO13/c1-3-5-7-9-10-11-12-13-14-15-16-17-18-19-21-23-31(44)40-27(28(43)22-20-8-6-4-2)26-50-38-36(49)34(47)37(30(25-42)52-38)53-39-35(48)33(46)32(45)29(24-41)51-39/h5,7,10-11,13-14,16-17,19-22,27-30,32-39,41-43,45-49H,3-4,6,8-9,12,15,18,23-26H2,1-2H3,(H,40,44)/b7-5-,11-10-,14-13-,17-16-,21-19-,22-20+. The lowest BCUT2D eigenvalue weighted by Gasteiger charge is -2.46. The maximum absolute atomic E-state index is 12.8. The molecule has 2 aliphatic rings. The number of carbonyl (C=O) groups is 1. The van der Waals surface area contributed by atoms with E-state index in [4.69, 9.17) is 18.9 Å². The molecule has 0 aromatic carbocycles. The molecular weight excluding hydrogens is 690 g/mol. The summed E-state index contributed by atoms with van der Waals surface area (Å²) in [7, 11) is 0. The van der Waals surface area contributed by atoms with Gasteiger partial charge in [0.25, 0.3) is 0 Å². The molecule has 14 heteroatoms. The summed E-state index contributed by atoms with van der Waals surface area (Å²) >= 11 is 0. The molecule has 12 unspecified atom stereocenters. The van der Waals surface area contributed by atoms with Gasteiger partial charge in [-0.2, -0.15) is 0 Å². The van der Waals surface area contributed by atoms with Crippen LogP contribution in [-0.2, 0) is 23.7 Å². The number of rotatable bonds is 24. The van der Waals surface area contributed by atoms with E-state index in [0.717, 1.165) is 44.9 Å². The van der Waals surface area contributed by atoms with Crippen LogP contribution < -0.4 is 5.32 Å². The van der Waals surface area contributed by atoms with E-state index in [1.54, 1.807) is 18.2 Å². The average Bonchev–Trinajstić information content (AvgIpc) is 3.15. The molecule has 0 aromatic rings.